The normalized spacial score (nSPS) is 19.2. The minimum absolute atomic E-state index is 0.0289. The highest BCUT2D eigenvalue weighted by Crippen LogP contribution is 2.44. The van der Waals surface area contributed by atoms with Gasteiger partial charge in [0.05, 0.1) is 32.0 Å². The number of aliphatic hydroxyl groups excluding tert-OH is 1. The van der Waals surface area contributed by atoms with Crippen LogP contribution in [-0.2, 0) is 19.5 Å². The van der Waals surface area contributed by atoms with Gasteiger partial charge in [0.2, 0.25) is 0 Å². The van der Waals surface area contributed by atoms with Gasteiger partial charge < -0.3 is 19.0 Å². The molecule has 4 rings (SSSR count). The molecule has 0 aliphatic carbocycles. The van der Waals surface area contributed by atoms with Crippen LogP contribution in [0.1, 0.15) is 71.1 Å². The Labute approximate surface area is 254 Å². The summed E-state index contributed by atoms with van der Waals surface area (Å²) in [5, 5.41) is 9.80. The molecular formula is C37H50O4Si. The molecule has 3 aromatic rings. The molecule has 0 amide bonds. The summed E-state index contributed by atoms with van der Waals surface area (Å²) in [6.45, 7) is 14.9. The van der Waals surface area contributed by atoms with Crippen molar-refractivity contribution in [1.29, 1.82) is 0 Å². The number of aliphatic hydroxyl groups is 1. The fourth-order valence-electron chi connectivity index (χ4n) is 7.25. The zero-order chi connectivity index (χ0) is 30.2. The van der Waals surface area contributed by atoms with Crippen LogP contribution in [0.5, 0.6) is 0 Å². The van der Waals surface area contributed by atoms with Crippen molar-refractivity contribution in [3.63, 3.8) is 0 Å². The summed E-state index contributed by atoms with van der Waals surface area (Å²) in [5.74, 6) is 0. The van der Waals surface area contributed by atoms with Crippen LogP contribution in [0.2, 0.25) is 16.6 Å². The second kappa shape index (κ2) is 14.8. The van der Waals surface area contributed by atoms with Crippen LogP contribution < -0.4 is 0 Å². The first-order chi connectivity index (χ1) is 20.2. The Morgan fingerprint density at radius 1 is 0.714 bits per heavy atom. The molecule has 0 spiro atoms. The zero-order valence-corrected chi connectivity index (χ0v) is 27.3. The van der Waals surface area contributed by atoms with Crippen molar-refractivity contribution in [1.82, 2.24) is 0 Å². The van der Waals surface area contributed by atoms with Crippen LogP contribution in [-0.4, -0.2) is 45.5 Å². The van der Waals surface area contributed by atoms with Crippen molar-refractivity contribution >= 4 is 8.32 Å². The topological polar surface area (TPSA) is 47.9 Å². The summed E-state index contributed by atoms with van der Waals surface area (Å²) in [7, 11) is -2.03. The molecule has 0 unspecified atom stereocenters. The first kappa shape index (κ1) is 32.4. The van der Waals surface area contributed by atoms with E-state index in [1.165, 1.54) is 5.57 Å². The van der Waals surface area contributed by atoms with E-state index in [0.717, 1.165) is 29.5 Å². The predicted octanol–water partition coefficient (Wildman–Crippen LogP) is 8.65. The molecule has 0 aromatic heterocycles. The predicted molar refractivity (Wildman–Crippen MR) is 175 cm³/mol. The lowest BCUT2D eigenvalue weighted by atomic mass is 9.80. The highest BCUT2D eigenvalue weighted by molar-refractivity contribution is 6.77. The highest BCUT2D eigenvalue weighted by atomic mass is 28.4. The molecule has 0 saturated carbocycles. The van der Waals surface area contributed by atoms with Crippen LogP contribution in [0, 0.1) is 0 Å². The molecule has 2 atom stereocenters. The molecule has 0 bridgehead atoms. The number of rotatable bonds is 13. The molecule has 1 fully saturated rings. The molecule has 1 aliphatic heterocycles. The minimum Gasteiger partial charge on any atom is -0.413 e. The quantitative estimate of drug-likeness (QED) is 0.124. The van der Waals surface area contributed by atoms with Crippen LogP contribution in [0.3, 0.4) is 0 Å². The molecular weight excluding hydrogens is 536 g/mol. The summed E-state index contributed by atoms with van der Waals surface area (Å²) < 4.78 is 20.8. The first-order valence-corrected chi connectivity index (χ1v) is 17.8. The average molecular weight is 587 g/mol. The zero-order valence-electron chi connectivity index (χ0n) is 26.3. The summed E-state index contributed by atoms with van der Waals surface area (Å²) in [6, 6.07) is 31.4. The van der Waals surface area contributed by atoms with Gasteiger partial charge in [0.15, 0.2) is 8.32 Å². The number of hydrogen-bond acceptors (Lipinski definition) is 4. The van der Waals surface area contributed by atoms with E-state index in [0.29, 0.717) is 29.8 Å². The Morgan fingerprint density at radius 3 is 1.50 bits per heavy atom. The summed E-state index contributed by atoms with van der Waals surface area (Å²) in [5.41, 5.74) is 5.17. The Hall–Kier alpha value is -2.54. The molecule has 226 valence electrons. The SMILES string of the molecule is CC(C)[Si](OC[C@H]1CC(=CCO)C[C@@H](COC(c2ccccc2)(c2ccccc2)c2ccccc2)O1)(C(C)C)C(C)C. The molecule has 1 heterocycles. The number of ether oxygens (including phenoxy) is 2. The lowest BCUT2D eigenvalue weighted by Crippen LogP contribution is -2.50. The van der Waals surface area contributed by atoms with Crippen LogP contribution >= 0.6 is 0 Å². The Morgan fingerprint density at radius 2 is 1.12 bits per heavy atom. The number of hydrogen-bond donors (Lipinski definition) is 1. The van der Waals surface area contributed by atoms with Gasteiger partial charge in [-0.2, -0.15) is 0 Å². The van der Waals surface area contributed by atoms with Crippen LogP contribution in [0.4, 0.5) is 0 Å². The Balaban J connectivity index is 1.64. The van der Waals surface area contributed by atoms with Gasteiger partial charge in [-0.25, -0.2) is 0 Å². The largest absolute Gasteiger partial charge is 0.413 e. The maximum absolute atomic E-state index is 9.80. The molecule has 42 heavy (non-hydrogen) atoms. The van der Waals surface area contributed by atoms with Gasteiger partial charge in [0.1, 0.15) is 5.60 Å². The van der Waals surface area contributed by atoms with Gasteiger partial charge in [0, 0.05) is 0 Å². The fourth-order valence-corrected chi connectivity index (χ4v) is 12.7. The monoisotopic (exact) mass is 586 g/mol. The molecule has 1 N–H and O–H groups in total. The van der Waals surface area contributed by atoms with Crippen LogP contribution in [0.25, 0.3) is 0 Å². The van der Waals surface area contributed by atoms with Crippen molar-refractivity contribution in [3.8, 4) is 0 Å². The number of benzene rings is 3. The second-order valence-corrected chi connectivity index (χ2v) is 18.0. The lowest BCUT2D eigenvalue weighted by molar-refractivity contribution is -0.110. The average Bonchev–Trinajstić information content (AvgIpc) is 2.99. The van der Waals surface area contributed by atoms with E-state index in [2.05, 4.69) is 114 Å². The molecule has 1 saturated heterocycles. The van der Waals surface area contributed by atoms with E-state index in [4.69, 9.17) is 13.9 Å². The van der Waals surface area contributed by atoms with E-state index in [-0.39, 0.29) is 18.8 Å². The van der Waals surface area contributed by atoms with E-state index >= 15 is 0 Å². The summed E-state index contributed by atoms with van der Waals surface area (Å²) >= 11 is 0. The van der Waals surface area contributed by atoms with Gasteiger partial charge in [-0.05, 0) is 46.2 Å². The smallest absolute Gasteiger partial charge is 0.200 e. The first-order valence-electron chi connectivity index (χ1n) is 15.6. The van der Waals surface area contributed by atoms with Gasteiger partial charge in [0.25, 0.3) is 0 Å². The van der Waals surface area contributed by atoms with E-state index in [1.54, 1.807) is 0 Å². The third-order valence-electron chi connectivity index (χ3n) is 9.00. The fraction of sp³-hybridized carbons (Fsp3) is 0.459. The van der Waals surface area contributed by atoms with E-state index in [9.17, 15) is 5.11 Å². The van der Waals surface area contributed by atoms with Crippen molar-refractivity contribution in [2.45, 2.75) is 88.8 Å². The molecule has 5 heteroatoms. The molecule has 4 nitrogen and oxygen atoms in total. The maximum atomic E-state index is 9.80. The third kappa shape index (κ3) is 6.98. The summed E-state index contributed by atoms with van der Waals surface area (Å²) in [6.07, 6.45) is 3.21. The Bertz CT molecular complexity index is 1120. The van der Waals surface area contributed by atoms with Gasteiger partial charge in [-0.15, -0.1) is 0 Å². The molecule has 1 aliphatic rings. The minimum atomic E-state index is -2.03. The Kier molecular flexibility index (Phi) is 11.4. The van der Waals surface area contributed by atoms with Gasteiger partial charge >= 0.3 is 0 Å². The second-order valence-electron chi connectivity index (χ2n) is 12.6. The van der Waals surface area contributed by atoms with Crippen LogP contribution in [0.15, 0.2) is 103 Å². The van der Waals surface area contributed by atoms with Crippen molar-refractivity contribution < 1.29 is 19.0 Å². The third-order valence-corrected chi connectivity index (χ3v) is 15.1. The molecule has 3 aromatic carbocycles. The highest BCUT2D eigenvalue weighted by Gasteiger charge is 2.46. The van der Waals surface area contributed by atoms with Crippen molar-refractivity contribution in [2.24, 2.45) is 0 Å². The van der Waals surface area contributed by atoms with E-state index < -0.39 is 13.9 Å². The van der Waals surface area contributed by atoms with Gasteiger partial charge in [-0.1, -0.05) is 144 Å². The van der Waals surface area contributed by atoms with Crippen molar-refractivity contribution in [3.05, 3.63) is 119 Å². The summed E-state index contributed by atoms with van der Waals surface area (Å²) in [4.78, 5) is 0. The van der Waals surface area contributed by atoms with Gasteiger partial charge in [-0.3, -0.25) is 0 Å². The lowest BCUT2D eigenvalue weighted by Gasteiger charge is -2.44. The van der Waals surface area contributed by atoms with E-state index in [1.807, 2.05) is 24.3 Å². The maximum Gasteiger partial charge on any atom is 0.200 e. The van der Waals surface area contributed by atoms with Crippen molar-refractivity contribution in [2.75, 3.05) is 19.8 Å². The standard InChI is InChI=1S/C37H50O4Si/c1-28(2)42(29(3)4,30(5)6)40-27-36-25-31(22-23-38)24-35(41-36)26-39-37(32-16-10-7-11-17-32,33-18-12-8-13-19-33)34-20-14-9-15-21-34/h7-22,28-30,35-36,38H,23-27H2,1-6H3/t35-,36+/m0/s1. The molecule has 0 radical (unpaired) electrons.